The van der Waals surface area contributed by atoms with Crippen LogP contribution in [0, 0.1) is 17.3 Å². The van der Waals surface area contributed by atoms with Crippen LogP contribution < -0.4 is 0 Å². The number of carbonyl (C=O) groups excluding carboxylic acids is 2. The van der Waals surface area contributed by atoms with Gasteiger partial charge in [-0.05, 0) is 43.0 Å². The first kappa shape index (κ1) is 46.8. The number of carbonyl (C=O) groups is 2. The quantitative estimate of drug-likeness (QED) is 0.0633. The molecule has 0 saturated carbocycles. The van der Waals surface area contributed by atoms with Gasteiger partial charge in [0.1, 0.15) is 6.79 Å². The predicted molar refractivity (Wildman–Crippen MR) is 194 cm³/mol. The minimum absolute atomic E-state index is 0.0788. The molecule has 0 aromatic carbocycles. The number of rotatable bonds is 22. The Bertz CT molecular complexity index is 1070. The lowest BCUT2D eigenvalue weighted by atomic mass is 9.67. The van der Waals surface area contributed by atoms with E-state index in [2.05, 4.69) is 40.8 Å². The lowest BCUT2D eigenvalue weighted by molar-refractivity contribution is -0.374. The summed E-state index contributed by atoms with van der Waals surface area (Å²) < 4.78 is 46.4. The summed E-state index contributed by atoms with van der Waals surface area (Å²) in [6.45, 7) is 20.8. The molecule has 3 unspecified atom stereocenters. The SMILES string of the molecule is CCC(/C=C(/C)C(=O)CC(O)C[C@H](O)C(C)(C)C1(OC)O[C@@H](C[C@@H](OC)[C@H](OCOC)C(=O)OC)C[C@@H](OC)[C@H]1C)CO[Si](C)(C)C(C)(C)C. The molecule has 1 heterocycles. The maximum absolute atomic E-state index is 13.2. The van der Waals surface area contributed by atoms with E-state index in [1.807, 2.05) is 26.8 Å². The first-order chi connectivity index (χ1) is 23.1. The topological polar surface area (TPSA) is 148 Å². The van der Waals surface area contributed by atoms with Gasteiger partial charge in [-0.2, -0.15) is 0 Å². The fourth-order valence-corrected chi connectivity index (χ4v) is 7.55. The van der Waals surface area contributed by atoms with E-state index < -0.39 is 56.0 Å². The summed E-state index contributed by atoms with van der Waals surface area (Å²) in [6, 6.07) is 0. The third kappa shape index (κ3) is 11.9. The van der Waals surface area contributed by atoms with Crippen LogP contribution in [-0.4, -0.2) is 122 Å². The molecule has 0 aliphatic carbocycles. The van der Waals surface area contributed by atoms with E-state index in [4.69, 9.17) is 37.6 Å². The molecule has 9 atom stereocenters. The third-order valence-corrected chi connectivity index (χ3v) is 15.6. The van der Waals surface area contributed by atoms with Crippen molar-refractivity contribution in [2.45, 2.75) is 148 Å². The van der Waals surface area contributed by atoms with E-state index in [1.165, 1.54) is 28.4 Å². The molecule has 294 valence electrons. The number of esters is 1. The number of hydrogen-bond acceptors (Lipinski definition) is 12. The van der Waals surface area contributed by atoms with Gasteiger partial charge in [-0.1, -0.05) is 54.5 Å². The lowest BCUT2D eigenvalue weighted by Gasteiger charge is -2.56. The molecule has 0 aromatic rings. The first-order valence-corrected chi connectivity index (χ1v) is 20.7. The molecule has 1 rings (SSSR count). The highest BCUT2D eigenvalue weighted by Crippen LogP contribution is 2.51. The van der Waals surface area contributed by atoms with Gasteiger partial charge in [0.05, 0.1) is 37.6 Å². The Balaban J connectivity index is 3.17. The molecule has 0 bridgehead atoms. The number of hydrogen-bond donors (Lipinski definition) is 2. The van der Waals surface area contributed by atoms with Crippen molar-refractivity contribution in [2.75, 3.05) is 48.9 Å². The van der Waals surface area contributed by atoms with Gasteiger partial charge in [-0.3, -0.25) is 4.79 Å². The van der Waals surface area contributed by atoms with E-state index in [1.54, 1.807) is 14.0 Å². The van der Waals surface area contributed by atoms with Crippen molar-refractivity contribution >= 4 is 20.1 Å². The number of ether oxygens (including phenoxy) is 7. The molecular weight excluding hydrogens is 664 g/mol. The third-order valence-electron chi connectivity index (χ3n) is 11.1. The Kier molecular flexibility index (Phi) is 18.9. The van der Waals surface area contributed by atoms with Gasteiger partial charge >= 0.3 is 5.97 Å². The Morgan fingerprint density at radius 1 is 1.06 bits per heavy atom. The average Bonchev–Trinajstić information content (AvgIpc) is 3.05. The number of allylic oxidation sites excluding steroid dienone is 1. The summed E-state index contributed by atoms with van der Waals surface area (Å²) in [5.41, 5.74) is -0.532. The van der Waals surface area contributed by atoms with Crippen molar-refractivity contribution in [3.05, 3.63) is 11.6 Å². The van der Waals surface area contributed by atoms with Crippen LogP contribution >= 0.6 is 0 Å². The van der Waals surface area contributed by atoms with Gasteiger partial charge in [0.25, 0.3) is 0 Å². The summed E-state index contributed by atoms with van der Waals surface area (Å²) in [5, 5.41) is 22.9. The molecule has 1 aliphatic rings. The molecule has 0 aromatic heterocycles. The summed E-state index contributed by atoms with van der Waals surface area (Å²) >= 11 is 0. The maximum Gasteiger partial charge on any atom is 0.337 e. The van der Waals surface area contributed by atoms with Crippen molar-refractivity contribution < 1.29 is 57.4 Å². The molecule has 13 heteroatoms. The highest BCUT2D eigenvalue weighted by Gasteiger charge is 2.60. The standard InChI is InChI=1S/C37H70O12Si/c1-16-26(22-48-50(14,15)35(4,5)6)17-24(2)29(39)18-27(38)19-32(40)36(7,8)37(46-13)25(3)30(43-10)20-28(49-37)21-31(44-11)33(34(41)45-12)47-23-42-9/h17,25-28,30-33,38,40H,16,18-23H2,1-15H3/b24-17-/t25-,26?,27?,28-,30-,31-,32+,33+,37?/m1/s1. The Morgan fingerprint density at radius 3 is 2.16 bits per heavy atom. The number of ketones is 1. The van der Waals surface area contributed by atoms with E-state index in [0.29, 0.717) is 18.6 Å². The smallest absolute Gasteiger partial charge is 0.337 e. The first-order valence-electron chi connectivity index (χ1n) is 17.8. The van der Waals surface area contributed by atoms with Crippen LogP contribution in [0.4, 0.5) is 0 Å². The van der Waals surface area contributed by atoms with Crippen molar-refractivity contribution in [3.8, 4) is 0 Å². The highest BCUT2D eigenvalue weighted by atomic mass is 28.4. The van der Waals surface area contributed by atoms with Crippen LogP contribution in [-0.2, 0) is 47.2 Å². The summed E-state index contributed by atoms with van der Waals surface area (Å²) in [5.74, 6) is -2.47. The van der Waals surface area contributed by atoms with Crippen molar-refractivity contribution in [1.82, 2.24) is 0 Å². The second kappa shape index (κ2) is 20.3. The number of methoxy groups -OCH3 is 5. The zero-order valence-electron chi connectivity index (χ0n) is 33.6. The molecule has 0 radical (unpaired) electrons. The monoisotopic (exact) mass is 734 g/mol. The Hall–Kier alpha value is -1.26. The molecule has 1 fully saturated rings. The summed E-state index contributed by atoms with van der Waals surface area (Å²) in [7, 11) is 5.37. The zero-order valence-corrected chi connectivity index (χ0v) is 34.6. The van der Waals surface area contributed by atoms with Crippen LogP contribution in [0.15, 0.2) is 11.6 Å². The molecule has 1 saturated heterocycles. The van der Waals surface area contributed by atoms with Gasteiger partial charge in [0.15, 0.2) is 26.0 Å². The minimum Gasteiger partial charge on any atom is -0.467 e. The zero-order chi connectivity index (χ0) is 38.7. The molecule has 0 amide bonds. The lowest BCUT2D eigenvalue weighted by Crippen LogP contribution is -2.65. The highest BCUT2D eigenvalue weighted by molar-refractivity contribution is 6.74. The van der Waals surface area contributed by atoms with Gasteiger partial charge in [-0.25, -0.2) is 4.79 Å². The maximum atomic E-state index is 13.2. The molecular formula is C37H70O12Si. The normalized spacial score (nSPS) is 25.5. The summed E-state index contributed by atoms with van der Waals surface area (Å²) in [6.07, 6.45) is -1.76. The minimum atomic E-state index is -1.94. The van der Waals surface area contributed by atoms with Gasteiger partial charge in [-0.15, -0.1) is 0 Å². The molecule has 0 spiro atoms. The molecule has 1 aliphatic heterocycles. The average molecular weight is 735 g/mol. The van der Waals surface area contributed by atoms with Crippen molar-refractivity contribution in [2.24, 2.45) is 17.3 Å². The molecule has 50 heavy (non-hydrogen) atoms. The van der Waals surface area contributed by atoms with Gasteiger partial charge < -0.3 is 47.8 Å². The summed E-state index contributed by atoms with van der Waals surface area (Å²) in [4.78, 5) is 25.8. The fourth-order valence-electron chi connectivity index (χ4n) is 6.48. The second-order valence-electron chi connectivity index (χ2n) is 15.8. The van der Waals surface area contributed by atoms with Crippen LogP contribution in [0.3, 0.4) is 0 Å². The van der Waals surface area contributed by atoms with Gasteiger partial charge in [0.2, 0.25) is 0 Å². The van der Waals surface area contributed by atoms with E-state index in [9.17, 15) is 19.8 Å². The number of aliphatic hydroxyl groups excluding tert-OH is 2. The van der Waals surface area contributed by atoms with E-state index >= 15 is 0 Å². The number of aliphatic hydroxyl groups is 2. The van der Waals surface area contributed by atoms with Crippen LogP contribution in [0.25, 0.3) is 0 Å². The van der Waals surface area contributed by atoms with E-state index in [0.717, 1.165) is 6.42 Å². The van der Waals surface area contributed by atoms with Crippen LogP contribution in [0.2, 0.25) is 18.1 Å². The Morgan fingerprint density at radius 2 is 1.68 bits per heavy atom. The Labute approximate surface area is 303 Å². The molecule has 2 N–H and O–H groups in total. The van der Waals surface area contributed by atoms with Crippen LogP contribution in [0.1, 0.15) is 87.5 Å². The fraction of sp³-hybridized carbons (Fsp3) is 0.892. The van der Waals surface area contributed by atoms with Crippen LogP contribution in [0.5, 0.6) is 0 Å². The predicted octanol–water partition coefficient (Wildman–Crippen LogP) is 5.43. The van der Waals surface area contributed by atoms with Crippen molar-refractivity contribution in [3.63, 3.8) is 0 Å². The number of Topliss-reactive ketones (excluding diaryl/α,β-unsaturated/α-hetero) is 1. The molecule has 12 nitrogen and oxygen atoms in total. The second-order valence-corrected chi connectivity index (χ2v) is 20.6. The van der Waals surface area contributed by atoms with Crippen molar-refractivity contribution in [1.29, 1.82) is 0 Å². The van der Waals surface area contributed by atoms with E-state index in [-0.39, 0.29) is 54.8 Å². The largest absolute Gasteiger partial charge is 0.467 e. The van der Waals surface area contributed by atoms with Gasteiger partial charge in [0, 0.05) is 72.1 Å².